The third kappa shape index (κ3) is 3.82. The van der Waals surface area contributed by atoms with Crippen LogP contribution in [0.5, 0.6) is 11.8 Å². The molecule has 0 amide bonds. The Morgan fingerprint density at radius 2 is 1.92 bits per heavy atom. The molecule has 25 heavy (non-hydrogen) atoms. The molecule has 134 valence electrons. The number of ether oxygens (including phenoxy) is 2. The molecular formula is C15H15Cl2N3O4S. The number of rotatable bonds is 5. The molecule has 1 unspecified atom stereocenters. The molecule has 1 saturated heterocycles. The molecule has 1 aromatic heterocycles. The van der Waals surface area contributed by atoms with E-state index in [0.29, 0.717) is 18.0 Å². The normalized spacial score (nSPS) is 18.3. The van der Waals surface area contributed by atoms with Gasteiger partial charge in [0.15, 0.2) is 0 Å². The number of methoxy groups -OCH3 is 1. The van der Waals surface area contributed by atoms with Crippen LogP contribution < -0.4 is 9.47 Å². The molecule has 0 radical (unpaired) electrons. The third-order valence-electron chi connectivity index (χ3n) is 3.72. The molecule has 0 aliphatic carbocycles. The first-order chi connectivity index (χ1) is 11.9. The molecule has 1 aromatic carbocycles. The van der Waals surface area contributed by atoms with Crippen molar-refractivity contribution >= 4 is 33.2 Å². The van der Waals surface area contributed by atoms with E-state index in [0.717, 1.165) is 0 Å². The van der Waals surface area contributed by atoms with Gasteiger partial charge in [-0.1, -0.05) is 23.2 Å². The maximum absolute atomic E-state index is 12.8. The van der Waals surface area contributed by atoms with Gasteiger partial charge in [0.1, 0.15) is 11.0 Å². The predicted octanol–water partition coefficient (Wildman–Crippen LogP) is 2.63. The number of hydrogen-bond donors (Lipinski definition) is 0. The summed E-state index contributed by atoms with van der Waals surface area (Å²) < 4.78 is 37.8. The van der Waals surface area contributed by atoms with Crippen LogP contribution in [-0.4, -0.2) is 49.0 Å². The van der Waals surface area contributed by atoms with Crippen molar-refractivity contribution in [3.8, 4) is 11.8 Å². The number of aromatic nitrogens is 2. The summed E-state index contributed by atoms with van der Waals surface area (Å²) >= 11 is 11.9. The van der Waals surface area contributed by atoms with Crippen molar-refractivity contribution in [2.45, 2.75) is 17.4 Å². The highest BCUT2D eigenvalue weighted by molar-refractivity contribution is 7.89. The molecule has 0 saturated carbocycles. The maximum atomic E-state index is 12.8. The molecular weight excluding hydrogens is 389 g/mol. The van der Waals surface area contributed by atoms with E-state index in [1.165, 1.54) is 35.9 Å². The SMILES string of the molecule is COc1nccnc1OC1CCN(S(=O)(=O)c2cc(Cl)ccc2Cl)C1. The van der Waals surface area contributed by atoms with Crippen LogP contribution in [0, 0.1) is 0 Å². The molecule has 1 aliphatic rings. The minimum absolute atomic E-state index is 0.0144. The quantitative estimate of drug-likeness (QED) is 0.762. The minimum atomic E-state index is -3.76. The summed E-state index contributed by atoms with van der Waals surface area (Å²) in [5.41, 5.74) is 0. The largest absolute Gasteiger partial charge is 0.477 e. The van der Waals surface area contributed by atoms with Crippen molar-refractivity contribution in [1.29, 1.82) is 0 Å². The summed E-state index contributed by atoms with van der Waals surface area (Å²) in [4.78, 5) is 8.06. The van der Waals surface area contributed by atoms with Crippen LogP contribution in [0.4, 0.5) is 0 Å². The summed E-state index contributed by atoms with van der Waals surface area (Å²) in [7, 11) is -2.30. The maximum Gasteiger partial charge on any atom is 0.278 e. The zero-order valence-corrected chi connectivity index (χ0v) is 15.6. The summed E-state index contributed by atoms with van der Waals surface area (Å²) in [5, 5.41) is 0.434. The summed E-state index contributed by atoms with van der Waals surface area (Å²) in [5.74, 6) is 0.483. The van der Waals surface area contributed by atoms with Crippen molar-refractivity contribution in [3.05, 3.63) is 40.6 Å². The second-order valence-corrected chi connectivity index (χ2v) is 8.09. The van der Waals surface area contributed by atoms with E-state index in [1.54, 1.807) is 6.07 Å². The van der Waals surface area contributed by atoms with E-state index in [-0.39, 0.29) is 34.3 Å². The van der Waals surface area contributed by atoms with Crippen LogP contribution in [0.2, 0.25) is 10.0 Å². The van der Waals surface area contributed by atoms with Gasteiger partial charge in [0.2, 0.25) is 10.0 Å². The van der Waals surface area contributed by atoms with E-state index in [4.69, 9.17) is 32.7 Å². The molecule has 0 spiro atoms. The molecule has 1 fully saturated rings. The van der Waals surface area contributed by atoms with Crippen LogP contribution in [0.15, 0.2) is 35.5 Å². The predicted molar refractivity (Wildman–Crippen MR) is 92.8 cm³/mol. The van der Waals surface area contributed by atoms with Gasteiger partial charge >= 0.3 is 0 Å². The Morgan fingerprint density at radius 1 is 1.20 bits per heavy atom. The minimum Gasteiger partial charge on any atom is -0.477 e. The third-order valence-corrected chi connectivity index (χ3v) is 6.31. The topological polar surface area (TPSA) is 81.6 Å². The second-order valence-electron chi connectivity index (χ2n) is 5.34. The highest BCUT2D eigenvalue weighted by atomic mass is 35.5. The van der Waals surface area contributed by atoms with Crippen molar-refractivity contribution in [2.24, 2.45) is 0 Å². The Kier molecular flexibility index (Phi) is 5.33. The van der Waals surface area contributed by atoms with Crippen molar-refractivity contribution < 1.29 is 17.9 Å². The van der Waals surface area contributed by atoms with Gasteiger partial charge in [-0.05, 0) is 24.6 Å². The molecule has 10 heteroatoms. The first kappa shape index (κ1) is 18.2. The number of sulfonamides is 1. The van der Waals surface area contributed by atoms with Crippen LogP contribution >= 0.6 is 23.2 Å². The monoisotopic (exact) mass is 403 g/mol. The highest BCUT2D eigenvalue weighted by Gasteiger charge is 2.35. The Labute approximate surface area is 155 Å². The summed E-state index contributed by atoms with van der Waals surface area (Å²) in [6, 6.07) is 4.35. The van der Waals surface area contributed by atoms with E-state index in [9.17, 15) is 8.42 Å². The van der Waals surface area contributed by atoms with Crippen LogP contribution in [0.1, 0.15) is 6.42 Å². The fraction of sp³-hybridized carbons (Fsp3) is 0.333. The Morgan fingerprint density at radius 3 is 2.64 bits per heavy atom. The Hall–Kier alpha value is -1.61. The van der Waals surface area contributed by atoms with Crippen LogP contribution in [-0.2, 0) is 10.0 Å². The molecule has 0 N–H and O–H groups in total. The zero-order valence-electron chi connectivity index (χ0n) is 13.2. The van der Waals surface area contributed by atoms with Gasteiger partial charge in [-0.25, -0.2) is 18.4 Å². The Bertz CT molecular complexity index is 879. The van der Waals surface area contributed by atoms with Crippen molar-refractivity contribution in [1.82, 2.24) is 14.3 Å². The molecule has 2 aromatic rings. The number of hydrogen-bond acceptors (Lipinski definition) is 6. The smallest absolute Gasteiger partial charge is 0.278 e. The van der Waals surface area contributed by atoms with E-state index in [1.807, 2.05) is 0 Å². The molecule has 2 heterocycles. The van der Waals surface area contributed by atoms with Gasteiger partial charge < -0.3 is 9.47 Å². The van der Waals surface area contributed by atoms with E-state index < -0.39 is 10.0 Å². The van der Waals surface area contributed by atoms with Crippen LogP contribution in [0.3, 0.4) is 0 Å². The van der Waals surface area contributed by atoms with Crippen molar-refractivity contribution in [3.63, 3.8) is 0 Å². The highest BCUT2D eigenvalue weighted by Crippen LogP contribution is 2.31. The average Bonchev–Trinajstić information content (AvgIpc) is 3.07. The fourth-order valence-corrected chi connectivity index (χ4v) is 4.74. The standard InChI is InChI=1S/C15H15Cl2N3O4S/c1-23-14-15(19-6-5-18-14)24-11-4-7-20(9-11)25(21,22)13-8-10(16)2-3-12(13)17/h2-3,5-6,8,11H,4,7,9H2,1H3. The first-order valence-electron chi connectivity index (χ1n) is 7.38. The zero-order chi connectivity index (χ0) is 18.0. The lowest BCUT2D eigenvalue weighted by atomic mass is 10.3. The van der Waals surface area contributed by atoms with Crippen LogP contribution in [0.25, 0.3) is 0 Å². The molecule has 0 bridgehead atoms. The van der Waals surface area contributed by atoms with E-state index >= 15 is 0 Å². The van der Waals surface area contributed by atoms with Gasteiger partial charge in [-0.15, -0.1) is 0 Å². The van der Waals surface area contributed by atoms with Crippen molar-refractivity contribution in [2.75, 3.05) is 20.2 Å². The lowest BCUT2D eigenvalue weighted by Gasteiger charge is -2.18. The average molecular weight is 404 g/mol. The summed E-state index contributed by atoms with van der Waals surface area (Å²) in [6.07, 6.45) is 3.11. The second kappa shape index (κ2) is 7.33. The van der Waals surface area contributed by atoms with E-state index in [2.05, 4.69) is 9.97 Å². The van der Waals surface area contributed by atoms with Gasteiger partial charge in [-0.3, -0.25) is 0 Å². The number of benzene rings is 1. The molecule has 1 atom stereocenters. The first-order valence-corrected chi connectivity index (χ1v) is 9.58. The molecule has 1 aliphatic heterocycles. The summed E-state index contributed by atoms with van der Waals surface area (Å²) in [6.45, 7) is 0.476. The van der Waals surface area contributed by atoms with Gasteiger partial charge in [-0.2, -0.15) is 4.31 Å². The fourth-order valence-electron chi connectivity index (χ4n) is 2.52. The molecule has 3 rings (SSSR count). The molecule has 7 nitrogen and oxygen atoms in total. The number of halogens is 2. The van der Waals surface area contributed by atoms with Gasteiger partial charge in [0.25, 0.3) is 11.8 Å². The number of nitrogens with zero attached hydrogens (tertiary/aromatic N) is 3. The van der Waals surface area contributed by atoms with Gasteiger partial charge in [0, 0.05) is 24.0 Å². The lowest BCUT2D eigenvalue weighted by Crippen LogP contribution is -2.31. The van der Waals surface area contributed by atoms with Gasteiger partial charge in [0.05, 0.1) is 18.7 Å². The Balaban J connectivity index is 1.77. The lowest BCUT2D eigenvalue weighted by molar-refractivity contribution is 0.194.